The van der Waals surface area contributed by atoms with Gasteiger partial charge in [-0.2, -0.15) is 5.10 Å². The molecule has 0 radical (unpaired) electrons. The molecular weight excluding hydrogens is 378 g/mol. The van der Waals surface area contributed by atoms with E-state index >= 15 is 0 Å². The lowest BCUT2D eigenvalue weighted by Crippen LogP contribution is -2.34. The van der Waals surface area contributed by atoms with Gasteiger partial charge in [0.1, 0.15) is 11.8 Å². The average Bonchev–Trinajstić information content (AvgIpc) is 3.43. The van der Waals surface area contributed by atoms with Crippen LogP contribution in [0.15, 0.2) is 78.4 Å². The molecule has 0 saturated heterocycles. The van der Waals surface area contributed by atoms with Gasteiger partial charge in [0.15, 0.2) is 5.78 Å². The smallest absolute Gasteiger partial charge is 0.267 e. The summed E-state index contributed by atoms with van der Waals surface area (Å²) < 4.78 is 1.99. The Labute approximate surface area is 175 Å². The molecule has 1 unspecified atom stereocenters. The molecule has 2 aromatic carbocycles. The first kappa shape index (κ1) is 19.6. The lowest BCUT2D eigenvalue weighted by atomic mass is 10.1. The van der Waals surface area contributed by atoms with Gasteiger partial charge in [-0.1, -0.05) is 42.5 Å². The van der Waals surface area contributed by atoms with E-state index in [0.29, 0.717) is 18.7 Å². The third-order valence-corrected chi connectivity index (χ3v) is 5.03. The van der Waals surface area contributed by atoms with Crippen molar-refractivity contribution < 1.29 is 9.59 Å². The molecule has 0 saturated carbocycles. The molecule has 7 nitrogen and oxygen atoms in total. The molecule has 0 bridgehead atoms. The Bertz CT molecular complexity index is 1060. The average molecular weight is 401 g/mol. The quantitative estimate of drug-likeness (QED) is 0.660. The fourth-order valence-electron chi connectivity index (χ4n) is 3.50. The van der Waals surface area contributed by atoms with Crippen LogP contribution in [-0.4, -0.2) is 33.0 Å². The van der Waals surface area contributed by atoms with E-state index in [4.69, 9.17) is 0 Å². The van der Waals surface area contributed by atoms with E-state index in [1.54, 1.807) is 17.5 Å². The Hall–Kier alpha value is -3.74. The van der Waals surface area contributed by atoms with E-state index in [9.17, 15) is 9.59 Å². The second-order valence-electron chi connectivity index (χ2n) is 7.30. The maximum Gasteiger partial charge on any atom is 0.267 e. The molecule has 4 rings (SSSR count). The molecule has 2 heterocycles. The maximum absolute atomic E-state index is 12.7. The normalized spacial score (nSPS) is 15.7. The van der Waals surface area contributed by atoms with Gasteiger partial charge >= 0.3 is 0 Å². The molecular formula is C23H23N5O2. The molecule has 30 heavy (non-hydrogen) atoms. The highest BCUT2D eigenvalue weighted by molar-refractivity contribution is 6.40. The van der Waals surface area contributed by atoms with Crippen molar-refractivity contribution in [3.8, 4) is 0 Å². The lowest BCUT2D eigenvalue weighted by molar-refractivity contribution is -0.118. The maximum atomic E-state index is 12.7. The van der Waals surface area contributed by atoms with Gasteiger partial charge in [-0.05, 0) is 30.2 Å². The number of para-hydroxylation sites is 1. The van der Waals surface area contributed by atoms with Crippen LogP contribution in [-0.2, 0) is 22.7 Å². The molecule has 0 spiro atoms. The fourth-order valence-corrected chi connectivity index (χ4v) is 3.50. The van der Waals surface area contributed by atoms with Crippen LogP contribution >= 0.6 is 0 Å². The van der Waals surface area contributed by atoms with Crippen molar-refractivity contribution in [1.29, 1.82) is 0 Å². The molecule has 7 heteroatoms. The molecule has 152 valence electrons. The number of aromatic nitrogens is 2. The summed E-state index contributed by atoms with van der Waals surface area (Å²) in [6.07, 6.45) is 5.74. The number of nitrogens with zero attached hydrogens (tertiary/aromatic N) is 4. The predicted molar refractivity (Wildman–Crippen MR) is 115 cm³/mol. The predicted octanol–water partition coefficient (Wildman–Crippen LogP) is 2.77. The minimum atomic E-state index is -0.452. The van der Waals surface area contributed by atoms with Gasteiger partial charge < -0.3 is 9.88 Å². The first-order chi connectivity index (χ1) is 14.6. The number of hydrazone groups is 1. The van der Waals surface area contributed by atoms with Crippen molar-refractivity contribution in [3.63, 3.8) is 0 Å². The number of benzene rings is 2. The minimum absolute atomic E-state index is 0.0161. The van der Waals surface area contributed by atoms with Crippen molar-refractivity contribution in [2.75, 3.05) is 5.01 Å². The van der Waals surface area contributed by atoms with Crippen molar-refractivity contribution in [3.05, 3.63) is 84.4 Å². The molecule has 0 aliphatic carbocycles. The molecule has 3 aromatic rings. The fraction of sp³-hybridized carbons (Fsp3) is 0.217. The van der Waals surface area contributed by atoms with Gasteiger partial charge in [0.25, 0.3) is 5.91 Å². The third-order valence-electron chi connectivity index (χ3n) is 5.03. The first-order valence-electron chi connectivity index (χ1n) is 9.84. The molecule has 1 amide bonds. The summed E-state index contributed by atoms with van der Waals surface area (Å²) in [5, 5.41) is 9.02. The van der Waals surface area contributed by atoms with Crippen LogP contribution in [0, 0.1) is 0 Å². The standard InChI is InChI=1S/C23H23N5O2/c1-17(29)22-13-21(26-28(22)20-8-3-2-4-9-20)23(30)25-14-18-6-5-7-19(12-18)15-27-11-10-24-16-27/h2-12,16,22H,13-15H2,1H3,(H,25,30). The topological polar surface area (TPSA) is 79.6 Å². The SMILES string of the molecule is CC(=O)C1CC(C(=O)NCc2cccc(Cn3ccnc3)c2)=NN1c1ccccc1. The van der Waals surface area contributed by atoms with Crippen LogP contribution in [0.4, 0.5) is 5.69 Å². The molecule has 1 aliphatic heterocycles. The van der Waals surface area contributed by atoms with E-state index in [-0.39, 0.29) is 11.7 Å². The number of carbonyl (C=O) groups excluding carboxylic acids is 2. The molecule has 1 atom stereocenters. The summed E-state index contributed by atoms with van der Waals surface area (Å²) in [6.45, 7) is 2.65. The second kappa shape index (κ2) is 8.73. The van der Waals surface area contributed by atoms with Crippen molar-refractivity contribution in [2.24, 2.45) is 5.10 Å². The molecule has 1 aromatic heterocycles. The summed E-state index contributed by atoms with van der Waals surface area (Å²) >= 11 is 0. The van der Waals surface area contributed by atoms with E-state index in [1.807, 2.05) is 59.3 Å². The molecule has 0 fully saturated rings. The van der Waals surface area contributed by atoms with Crippen LogP contribution in [0.3, 0.4) is 0 Å². The number of imidazole rings is 1. The summed E-state index contributed by atoms with van der Waals surface area (Å²) in [7, 11) is 0. The van der Waals surface area contributed by atoms with Crippen molar-refractivity contribution in [2.45, 2.75) is 32.5 Å². The Morgan fingerprint density at radius 3 is 2.63 bits per heavy atom. The first-order valence-corrected chi connectivity index (χ1v) is 9.84. The van der Waals surface area contributed by atoms with Gasteiger partial charge in [0, 0.05) is 31.9 Å². The largest absolute Gasteiger partial charge is 0.347 e. The Morgan fingerprint density at radius 2 is 1.90 bits per heavy atom. The zero-order valence-electron chi connectivity index (χ0n) is 16.7. The Morgan fingerprint density at radius 1 is 1.10 bits per heavy atom. The highest BCUT2D eigenvalue weighted by atomic mass is 16.2. The summed E-state index contributed by atoms with van der Waals surface area (Å²) in [5.41, 5.74) is 3.30. The van der Waals surface area contributed by atoms with Crippen molar-refractivity contribution >= 4 is 23.1 Å². The number of anilines is 1. The zero-order valence-corrected chi connectivity index (χ0v) is 16.7. The summed E-state index contributed by atoms with van der Waals surface area (Å²) in [5.74, 6) is -0.266. The van der Waals surface area contributed by atoms with Crippen LogP contribution in [0.1, 0.15) is 24.5 Å². The number of rotatable bonds is 7. The van der Waals surface area contributed by atoms with Crippen LogP contribution in [0.25, 0.3) is 0 Å². The second-order valence-corrected chi connectivity index (χ2v) is 7.30. The summed E-state index contributed by atoms with van der Waals surface area (Å²) in [4.78, 5) is 28.9. The van der Waals surface area contributed by atoms with Gasteiger partial charge in [0.05, 0.1) is 12.0 Å². The zero-order chi connectivity index (χ0) is 20.9. The van der Waals surface area contributed by atoms with Crippen molar-refractivity contribution in [1.82, 2.24) is 14.9 Å². The van der Waals surface area contributed by atoms with E-state index in [2.05, 4.69) is 21.5 Å². The number of hydrogen-bond acceptors (Lipinski definition) is 5. The number of carbonyl (C=O) groups is 2. The van der Waals surface area contributed by atoms with Crippen LogP contribution < -0.4 is 10.3 Å². The Balaban J connectivity index is 1.42. The lowest BCUT2D eigenvalue weighted by Gasteiger charge is -2.20. The number of nitrogens with one attached hydrogen (secondary N) is 1. The summed E-state index contributed by atoms with van der Waals surface area (Å²) in [6, 6.07) is 17.0. The van der Waals surface area contributed by atoms with Crippen LogP contribution in [0.2, 0.25) is 0 Å². The third kappa shape index (κ3) is 4.46. The number of amides is 1. The van der Waals surface area contributed by atoms with Gasteiger partial charge in [0.2, 0.25) is 0 Å². The van der Waals surface area contributed by atoms with E-state index in [0.717, 1.165) is 23.4 Å². The molecule has 1 N–H and O–H groups in total. The van der Waals surface area contributed by atoms with E-state index in [1.165, 1.54) is 6.92 Å². The Kier molecular flexibility index (Phi) is 5.70. The number of hydrogen-bond donors (Lipinski definition) is 1. The highest BCUT2D eigenvalue weighted by Gasteiger charge is 2.33. The van der Waals surface area contributed by atoms with Gasteiger partial charge in [-0.25, -0.2) is 4.98 Å². The van der Waals surface area contributed by atoms with Gasteiger partial charge in [-0.3, -0.25) is 14.6 Å². The highest BCUT2D eigenvalue weighted by Crippen LogP contribution is 2.25. The molecule has 1 aliphatic rings. The van der Waals surface area contributed by atoms with Gasteiger partial charge in [-0.15, -0.1) is 0 Å². The van der Waals surface area contributed by atoms with Crippen LogP contribution in [0.5, 0.6) is 0 Å². The monoisotopic (exact) mass is 401 g/mol. The number of Topliss-reactive ketones (excluding diaryl/α,β-unsaturated/α-hetero) is 1. The number of ketones is 1. The minimum Gasteiger partial charge on any atom is -0.347 e. The van der Waals surface area contributed by atoms with E-state index < -0.39 is 6.04 Å².